The van der Waals surface area contributed by atoms with E-state index in [-0.39, 0.29) is 37.2 Å². The smallest absolute Gasteiger partial charge is 0.407 e. The number of halogens is 1. The molecule has 2 aliphatic rings. The quantitative estimate of drug-likeness (QED) is 0.613. The third-order valence-electron chi connectivity index (χ3n) is 6.25. The summed E-state index contributed by atoms with van der Waals surface area (Å²) >= 11 is 0. The molecule has 2 N–H and O–H groups in total. The van der Waals surface area contributed by atoms with Crippen LogP contribution in [0.1, 0.15) is 56.7 Å². The van der Waals surface area contributed by atoms with Crippen LogP contribution in [-0.4, -0.2) is 51.5 Å². The Labute approximate surface area is 210 Å². The average molecular weight is 497 g/mol. The third kappa shape index (κ3) is 6.80. The molecule has 2 unspecified atom stereocenters. The number of aromatic nitrogens is 1. The second kappa shape index (κ2) is 10.6. The molecule has 9 heteroatoms. The zero-order chi connectivity index (χ0) is 25.9. The van der Waals surface area contributed by atoms with Crippen molar-refractivity contribution in [3.63, 3.8) is 0 Å². The number of carbonyl (C=O) groups is 3. The summed E-state index contributed by atoms with van der Waals surface area (Å²) in [5, 5.41) is 5.74. The minimum atomic E-state index is -0.729. The average Bonchev–Trinajstić information content (AvgIpc) is 3.62. The van der Waals surface area contributed by atoms with Crippen LogP contribution in [0.2, 0.25) is 0 Å². The number of nitrogens with one attached hydrogen (secondary N) is 2. The Kier molecular flexibility index (Phi) is 7.56. The second-order valence-corrected chi connectivity index (χ2v) is 10.5. The van der Waals surface area contributed by atoms with Crippen LogP contribution < -0.4 is 10.6 Å². The largest absolute Gasteiger partial charge is 0.444 e. The SMILES string of the molecule is CC(C)(C)OC(=O)NC(CC(=O)N1Cc2ccncc2CC1C(=O)NC1CC1)Cc1ccccc1F. The van der Waals surface area contributed by atoms with Gasteiger partial charge >= 0.3 is 6.09 Å². The molecule has 8 nitrogen and oxygen atoms in total. The fourth-order valence-electron chi connectivity index (χ4n) is 4.33. The summed E-state index contributed by atoms with van der Waals surface area (Å²) in [5.74, 6) is -0.904. The van der Waals surface area contributed by atoms with Crippen molar-refractivity contribution < 1.29 is 23.5 Å². The van der Waals surface area contributed by atoms with Crippen LogP contribution in [0.5, 0.6) is 0 Å². The van der Waals surface area contributed by atoms with Crippen LogP contribution in [0.4, 0.5) is 9.18 Å². The summed E-state index contributed by atoms with van der Waals surface area (Å²) in [6, 6.07) is 6.87. The highest BCUT2D eigenvalue weighted by Gasteiger charge is 2.37. The van der Waals surface area contributed by atoms with Gasteiger partial charge in [0.15, 0.2) is 0 Å². The van der Waals surface area contributed by atoms with E-state index in [1.165, 1.54) is 6.07 Å². The first-order valence-electron chi connectivity index (χ1n) is 12.3. The van der Waals surface area contributed by atoms with E-state index in [4.69, 9.17) is 4.74 Å². The lowest BCUT2D eigenvalue weighted by Crippen LogP contribution is -2.54. The minimum Gasteiger partial charge on any atom is -0.444 e. The van der Waals surface area contributed by atoms with Crippen molar-refractivity contribution in [2.75, 3.05) is 0 Å². The zero-order valence-corrected chi connectivity index (χ0v) is 20.9. The molecule has 1 aliphatic carbocycles. The summed E-state index contributed by atoms with van der Waals surface area (Å²) < 4.78 is 19.8. The molecule has 2 aromatic rings. The standard InChI is InChI=1S/C27H33FN4O4/c1-27(2,3)36-26(35)31-21(12-17-6-4-5-7-22(17)28)14-24(33)32-16-18-10-11-29-15-19(18)13-23(32)25(34)30-20-8-9-20/h4-7,10-11,15,20-21,23H,8-9,12-14,16H2,1-3H3,(H,30,34)(H,31,35). The highest BCUT2D eigenvalue weighted by Crippen LogP contribution is 2.26. The number of fused-ring (bicyclic) bond motifs is 1. The zero-order valence-electron chi connectivity index (χ0n) is 20.9. The van der Waals surface area contributed by atoms with Gasteiger partial charge in [-0.05, 0) is 68.9 Å². The Morgan fingerprint density at radius 2 is 1.92 bits per heavy atom. The molecule has 4 rings (SSSR count). The lowest BCUT2D eigenvalue weighted by Gasteiger charge is -2.36. The van der Waals surface area contributed by atoms with Gasteiger partial charge in [0, 0.05) is 43.9 Å². The molecular weight excluding hydrogens is 463 g/mol. The second-order valence-electron chi connectivity index (χ2n) is 10.5. The van der Waals surface area contributed by atoms with Gasteiger partial charge in [0.05, 0.1) is 0 Å². The van der Waals surface area contributed by atoms with Crippen molar-refractivity contribution in [1.29, 1.82) is 0 Å². The van der Waals surface area contributed by atoms with Gasteiger partial charge in [0.2, 0.25) is 11.8 Å². The van der Waals surface area contributed by atoms with Gasteiger partial charge in [-0.1, -0.05) is 18.2 Å². The normalized spacial score (nSPS) is 18.1. The number of hydrogen-bond donors (Lipinski definition) is 2. The Bertz CT molecular complexity index is 1130. The molecule has 0 radical (unpaired) electrons. The third-order valence-corrected chi connectivity index (χ3v) is 6.25. The Balaban J connectivity index is 1.54. The number of carbonyl (C=O) groups excluding carboxylic acids is 3. The van der Waals surface area contributed by atoms with Crippen molar-refractivity contribution in [3.8, 4) is 0 Å². The Hall–Kier alpha value is -3.49. The summed E-state index contributed by atoms with van der Waals surface area (Å²) in [7, 11) is 0. The van der Waals surface area contributed by atoms with E-state index in [0.29, 0.717) is 12.0 Å². The molecule has 0 bridgehead atoms. The Morgan fingerprint density at radius 3 is 2.61 bits per heavy atom. The number of hydrogen-bond acceptors (Lipinski definition) is 5. The van der Waals surface area contributed by atoms with E-state index in [1.807, 2.05) is 6.07 Å². The fourth-order valence-corrected chi connectivity index (χ4v) is 4.33. The molecule has 1 fully saturated rings. The molecule has 192 valence electrons. The van der Waals surface area contributed by atoms with E-state index in [1.54, 1.807) is 56.3 Å². The van der Waals surface area contributed by atoms with Gasteiger partial charge in [-0.3, -0.25) is 14.6 Å². The summed E-state index contributed by atoms with van der Waals surface area (Å²) in [5.41, 5.74) is 1.52. The van der Waals surface area contributed by atoms with E-state index >= 15 is 0 Å². The molecule has 2 atom stereocenters. The number of pyridine rings is 1. The summed E-state index contributed by atoms with van der Waals surface area (Å²) in [6.07, 6.45) is 4.95. The maximum Gasteiger partial charge on any atom is 0.407 e. The van der Waals surface area contributed by atoms with E-state index in [2.05, 4.69) is 15.6 Å². The van der Waals surface area contributed by atoms with Gasteiger partial charge in [0.25, 0.3) is 0 Å². The van der Waals surface area contributed by atoms with Gasteiger partial charge in [-0.2, -0.15) is 0 Å². The van der Waals surface area contributed by atoms with Crippen molar-refractivity contribution in [2.45, 2.75) is 83.1 Å². The van der Waals surface area contributed by atoms with Crippen LogP contribution in [0.15, 0.2) is 42.7 Å². The van der Waals surface area contributed by atoms with Gasteiger partial charge < -0.3 is 20.3 Å². The lowest BCUT2D eigenvalue weighted by molar-refractivity contribution is -0.142. The Morgan fingerprint density at radius 1 is 1.17 bits per heavy atom. The first-order chi connectivity index (χ1) is 17.1. The molecule has 1 saturated carbocycles. The molecule has 0 spiro atoms. The molecule has 0 saturated heterocycles. The molecule has 1 aromatic carbocycles. The number of ether oxygens (including phenoxy) is 1. The van der Waals surface area contributed by atoms with Crippen LogP contribution in [0.3, 0.4) is 0 Å². The maximum atomic E-state index is 14.4. The highest BCUT2D eigenvalue weighted by atomic mass is 19.1. The minimum absolute atomic E-state index is 0.102. The van der Waals surface area contributed by atoms with E-state index in [0.717, 1.165) is 24.0 Å². The summed E-state index contributed by atoms with van der Waals surface area (Å²) in [6.45, 7) is 5.49. The number of nitrogens with zero attached hydrogens (tertiary/aromatic N) is 2. The first-order valence-corrected chi connectivity index (χ1v) is 12.3. The number of alkyl carbamates (subject to hydrolysis) is 1. The molecular formula is C27H33FN4O4. The predicted octanol–water partition coefficient (Wildman–Crippen LogP) is 3.28. The van der Waals surface area contributed by atoms with Crippen molar-refractivity contribution in [3.05, 3.63) is 65.2 Å². The molecule has 3 amide bonds. The lowest BCUT2D eigenvalue weighted by atomic mass is 9.93. The highest BCUT2D eigenvalue weighted by molar-refractivity contribution is 5.89. The molecule has 1 aromatic heterocycles. The van der Waals surface area contributed by atoms with Gasteiger partial charge in [0.1, 0.15) is 17.5 Å². The van der Waals surface area contributed by atoms with E-state index in [9.17, 15) is 18.8 Å². The van der Waals surface area contributed by atoms with Gasteiger partial charge in [-0.15, -0.1) is 0 Å². The van der Waals surface area contributed by atoms with Gasteiger partial charge in [-0.25, -0.2) is 9.18 Å². The van der Waals surface area contributed by atoms with E-state index < -0.39 is 29.6 Å². The van der Waals surface area contributed by atoms with Crippen LogP contribution in [0, 0.1) is 5.82 Å². The summed E-state index contributed by atoms with van der Waals surface area (Å²) in [4.78, 5) is 45.0. The number of rotatable bonds is 7. The van der Waals surface area contributed by atoms with Crippen molar-refractivity contribution >= 4 is 17.9 Å². The van der Waals surface area contributed by atoms with Crippen LogP contribution in [0.25, 0.3) is 0 Å². The molecule has 2 heterocycles. The number of benzene rings is 1. The van der Waals surface area contributed by atoms with Crippen LogP contribution in [-0.2, 0) is 33.7 Å². The first kappa shape index (κ1) is 25.6. The predicted molar refractivity (Wildman–Crippen MR) is 131 cm³/mol. The van der Waals surface area contributed by atoms with Crippen molar-refractivity contribution in [2.24, 2.45) is 0 Å². The topological polar surface area (TPSA) is 101 Å². The van der Waals surface area contributed by atoms with Crippen molar-refractivity contribution in [1.82, 2.24) is 20.5 Å². The monoisotopic (exact) mass is 496 g/mol. The maximum absolute atomic E-state index is 14.4. The van der Waals surface area contributed by atoms with Crippen LogP contribution >= 0.6 is 0 Å². The number of amides is 3. The fraction of sp³-hybridized carbons (Fsp3) is 0.481. The molecule has 36 heavy (non-hydrogen) atoms. The molecule has 1 aliphatic heterocycles.